The number of halogens is 3. The molecule has 0 fully saturated rings. The highest BCUT2D eigenvalue weighted by Gasteiger charge is 2.37. The van der Waals surface area contributed by atoms with Crippen LogP contribution in [-0.4, -0.2) is 24.6 Å². The lowest BCUT2D eigenvalue weighted by molar-refractivity contribution is 0.559. The number of rotatable bonds is 2. The molecule has 0 aliphatic carbocycles. The van der Waals surface area contributed by atoms with E-state index in [1.807, 2.05) is 43.5 Å². The van der Waals surface area contributed by atoms with E-state index < -0.39 is 16.1 Å². The molecule has 0 saturated heterocycles. The Morgan fingerprint density at radius 1 is 1.32 bits per heavy atom. The van der Waals surface area contributed by atoms with Crippen molar-refractivity contribution < 1.29 is 8.94 Å². The van der Waals surface area contributed by atoms with Gasteiger partial charge in [0.05, 0.1) is 17.1 Å². The number of nitrogens with zero attached hydrogens (tertiary/aromatic N) is 3. The van der Waals surface area contributed by atoms with E-state index in [1.165, 1.54) is 6.07 Å². The van der Waals surface area contributed by atoms with E-state index in [2.05, 4.69) is 25.3 Å². The fraction of sp³-hybridized carbons (Fsp3) is 0.300. The van der Waals surface area contributed by atoms with Crippen LogP contribution in [0.25, 0.3) is 11.0 Å². The first-order chi connectivity index (χ1) is 13.2. The molecule has 0 unspecified atom stereocenters. The third-order valence-corrected chi connectivity index (χ3v) is 7.02. The number of imidazole rings is 1. The minimum absolute atomic E-state index is 0.313. The Bertz CT molecular complexity index is 1090. The van der Waals surface area contributed by atoms with Crippen molar-refractivity contribution >= 4 is 55.6 Å². The van der Waals surface area contributed by atoms with E-state index in [0.717, 1.165) is 11.0 Å². The van der Waals surface area contributed by atoms with E-state index in [9.17, 15) is 8.94 Å². The van der Waals surface area contributed by atoms with Gasteiger partial charge in [-0.1, -0.05) is 38.0 Å². The molecule has 4 nitrogen and oxygen atoms in total. The van der Waals surface area contributed by atoms with Gasteiger partial charge in [0.1, 0.15) is 27.6 Å². The molecule has 0 N–H and O–H groups in total. The van der Waals surface area contributed by atoms with Crippen LogP contribution >= 0.6 is 27.5 Å². The predicted octanol–water partition coefficient (Wildman–Crippen LogP) is 5.84. The molecule has 1 aliphatic heterocycles. The maximum Gasteiger partial charge on any atom is 0.160 e. The van der Waals surface area contributed by atoms with Gasteiger partial charge in [-0.3, -0.25) is 0 Å². The van der Waals surface area contributed by atoms with Crippen LogP contribution in [0.15, 0.2) is 45.3 Å². The van der Waals surface area contributed by atoms with Gasteiger partial charge in [-0.15, -0.1) is 0 Å². The summed E-state index contributed by atoms with van der Waals surface area (Å²) in [6, 6.07) is 9.97. The second kappa shape index (κ2) is 7.13. The normalized spacial score (nSPS) is 19.4. The van der Waals surface area contributed by atoms with Crippen LogP contribution in [0.5, 0.6) is 0 Å². The van der Waals surface area contributed by atoms with Crippen molar-refractivity contribution in [1.82, 2.24) is 9.55 Å². The molecule has 4 rings (SSSR count). The Morgan fingerprint density at radius 3 is 2.75 bits per heavy atom. The van der Waals surface area contributed by atoms with Crippen LogP contribution in [0.3, 0.4) is 0 Å². The topological polar surface area (TPSA) is 53.2 Å². The van der Waals surface area contributed by atoms with E-state index >= 15 is 0 Å². The molecule has 2 aromatic carbocycles. The van der Waals surface area contributed by atoms with Crippen molar-refractivity contribution in [2.75, 3.05) is 0 Å². The minimum atomic E-state index is -1.44. The quantitative estimate of drug-likeness (QED) is 0.431. The van der Waals surface area contributed by atoms with Gasteiger partial charge in [-0.2, -0.15) is 0 Å². The van der Waals surface area contributed by atoms with Crippen LogP contribution in [0.4, 0.5) is 4.39 Å². The zero-order valence-corrected chi connectivity index (χ0v) is 18.7. The van der Waals surface area contributed by atoms with Crippen molar-refractivity contribution in [3.05, 3.63) is 63.1 Å². The molecule has 0 amide bonds. The summed E-state index contributed by atoms with van der Waals surface area (Å²) >= 11 is 8.25. The van der Waals surface area contributed by atoms with Crippen LogP contribution in [0, 0.1) is 5.82 Å². The molecular formula is C20H18BrClFN3OS. The van der Waals surface area contributed by atoms with Crippen LogP contribution < -0.4 is 0 Å². The molecule has 0 spiro atoms. The molecule has 1 aliphatic rings. The monoisotopic (exact) mass is 481 g/mol. The lowest BCUT2D eigenvalue weighted by atomic mass is 10.0. The molecule has 1 aromatic heterocycles. The molecule has 0 radical (unpaired) electrons. The van der Waals surface area contributed by atoms with Gasteiger partial charge in [0.15, 0.2) is 5.82 Å². The van der Waals surface area contributed by atoms with Gasteiger partial charge in [0.25, 0.3) is 0 Å². The standard InChI is InChI=1S/C20H18BrClFN3OS/c1-20(2,3)28(27)25-15-10-17(18-12(21)5-4-6-13(18)23)26-16-9-11(22)7-8-14(16)24-19(15)26/h4-9,17H,10H2,1-3H3/b25-15+/t17-,28-/m1/s1. The Morgan fingerprint density at radius 2 is 2.07 bits per heavy atom. The fourth-order valence-corrected chi connectivity index (χ4v) is 4.73. The van der Waals surface area contributed by atoms with Crippen molar-refractivity contribution in [2.24, 2.45) is 4.40 Å². The number of benzene rings is 2. The first-order valence-electron chi connectivity index (χ1n) is 8.78. The summed E-state index contributed by atoms with van der Waals surface area (Å²) in [4.78, 5) is 4.69. The number of hydrogen-bond donors (Lipinski definition) is 0. The van der Waals surface area contributed by atoms with Gasteiger partial charge >= 0.3 is 0 Å². The summed E-state index contributed by atoms with van der Waals surface area (Å²) in [5.41, 5.74) is 2.68. The van der Waals surface area contributed by atoms with E-state index in [1.54, 1.807) is 12.1 Å². The highest BCUT2D eigenvalue weighted by Crippen LogP contribution is 2.40. The summed E-state index contributed by atoms with van der Waals surface area (Å²) in [6.07, 6.45) is 0.409. The third kappa shape index (κ3) is 3.38. The van der Waals surface area contributed by atoms with Gasteiger partial charge in [-0.25, -0.2) is 9.37 Å². The second-order valence-electron chi connectivity index (χ2n) is 7.69. The number of hydrogen-bond acceptors (Lipinski definition) is 3. The minimum Gasteiger partial charge on any atom is -0.591 e. The van der Waals surface area contributed by atoms with Gasteiger partial charge in [-0.05, 0) is 51.1 Å². The van der Waals surface area contributed by atoms with Crippen molar-refractivity contribution in [2.45, 2.75) is 38.0 Å². The average molecular weight is 483 g/mol. The SMILES string of the molecule is CC(C)(C)[S@@+]([O-])/N=C1\C[C@H](c2c(F)cccc2Br)n2c1nc1ccc(Cl)cc12. The van der Waals surface area contributed by atoms with Crippen molar-refractivity contribution in [3.8, 4) is 0 Å². The van der Waals surface area contributed by atoms with Gasteiger partial charge in [0, 0.05) is 21.5 Å². The first-order valence-corrected chi connectivity index (χ1v) is 11.1. The molecule has 28 heavy (non-hydrogen) atoms. The lowest BCUT2D eigenvalue weighted by Gasteiger charge is -2.18. The zero-order chi connectivity index (χ0) is 20.2. The first kappa shape index (κ1) is 19.9. The Balaban J connectivity index is 1.96. The second-order valence-corrected chi connectivity index (χ2v) is 10.9. The summed E-state index contributed by atoms with van der Waals surface area (Å²) in [6.45, 7) is 5.61. The molecule has 146 valence electrons. The molecule has 0 saturated carbocycles. The van der Waals surface area contributed by atoms with Crippen LogP contribution in [0.1, 0.15) is 44.6 Å². The Hall–Kier alpha value is -1.41. The largest absolute Gasteiger partial charge is 0.591 e. The summed E-state index contributed by atoms with van der Waals surface area (Å²) in [5, 5.41) is 0.574. The van der Waals surface area contributed by atoms with E-state index in [-0.39, 0.29) is 11.9 Å². The fourth-order valence-electron chi connectivity index (χ4n) is 3.33. The molecule has 2 atom stereocenters. The summed E-state index contributed by atoms with van der Waals surface area (Å²) in [7, 11) is 0. The Labute approximate surface area is 179 Å². The summed E-state index contributed by atoms with van der Waals surface area (Å²) in [5.74, 6) is 0.294. The predicted molar refractivity (Wildman–Crippen MR) is 116 cm³/mol. The molecule has 2 heterocycles. The highest BCUT2D eigenvalue weighted by molar-refractivity contribution is 9.10. The van der Waals surface area contributed by atoms with Crippen LogP contribution in [0.2, 0.25) is 5.02 Å². The highest BCUT2D eigenvalue weighted by atomic mass is 79.9. The summed E-state index contributed by atoms with van der Waals surface area (Å²) < 4.78 is 34.0. The molecular weight excluding hydrogens is 465 g/mol. The average Bonchev–Trinajstić information content (AvgIpc) is 3.12. The molecule has 3 aromatic rings. The zero-order valence-electron chi connectivity index (χ0n) is 15.5. The van der Waals surface area contributed by atoms with Gasteiger partial charge < -0.3 is 9.12 Å². The molecule has 0 bridgehead atoms. The number of fused-ring (bicyclic) bond motifs is 3. The Kier molecular flexibility index (Phi) is 5.06. The smallest absolute Gasteiger partial charge is 0.160 e. The van der Waals surface area contributed by atoms with E-state index in [4.69, 9.17) is 11.6 Å². The van der Waals surface area contributed by atoms with Gasteiger partial charge in [0.2, 0.25) is 0 Å². The number of aromatic nitrogens is 2. The maximum absolute atomic E-state index is 14.8. The van der Waals surface area contributed by atoms with Crippen molar-refractivity contribution in [1.29, 1.82) is 0 Å². The lowest BCUT2D eigenvalue weighted by Crippen LogP contribution is -2.27. The third-order valence-electron chi connectivity index (χ3n) is 4.66. The molecule has 8 heteroatoms. The van der Waals surface area contributed by atoms with Crippen molar-refractivity contribution in [3.63, 3.8) is 0 Å². The van der Waals surface area contributed by atoms with E-state index in [0.29, 0.717) is 33.0 Å². The maximum atomic E-state index is 14.8. The van der Waals surface area contributed by atoms with Crippen LogP contribution in [-0.2, 0) is 11.4 Å².